The predicted octanol–water partition coefficient (Wildman–Crippen LogP) is 3.79. The van der Waals surface area contributed by atoms with Crippen molar-refractivity contribution in [1.82, 2.24) is 4.72 Å². The second-order valence-corrected chi connectivity index (χ2v) is 8.10. The molecular formula is C18H20ClFN2O3S. The first-order chi connectivity index (χ1) is 12.2. The van der Waals surface area contributed by atoms with Crippen molar-refractivity contribution in [2.45, 2.75) is 31.6 Å². The first kappa shape index (κ1) is 20.4. The van der Waals surface area contributed by atoms with Crippen LogP contribution in [0.1, 0.15) is 24.0 Å². The maximum atomic E-state index is 13.1. The van der Waals surface area contributed by atoms with Crippen molar-refractivity contribution < 1.29 is 17.6 Å². The second-order valence-electron chi connectivity index (χ2n) is 5.92. The van der Waals surface area contributed by atoms with Gasteiger partial charge in [-0.1, -0.05) is 17.7 Å². The molecule has 0 aliphatic rings. The summed E-state index contributed by atoms with van der Waals surface area (Å²) in [6.07, 6.45) is 0.440. The van der Waals surface area contributed by atoms with Crippen molar-refractivity contribution in [3.63, 3.8) is 0 Å². The van der Waals surface area contributed by atoms with Gasteiger partial charge in [0, 0.05) is 18.7 Å². The smallest absolute Gasteiger partial charge is 0.240 e. The van der Waals surface area contributed by atoms with Crippen LogP contribution in [0, 0.1) is 19.7 Å². The number of aryl methyl sites for hydroxylation is 2. The monoisotopic (exact) mass is 398 g/mol. The molecule has 0 aliphatic carbocycles. The molecule has 0 fully saturated rings. The molecule has 0 aliphatic heterocycles. The maximum Gasteiger partial charge on any atom is 0.240 e. The summed E-state index contributed by atoms with van der Waals surface area (Å²) in [4.78, 5) is 12.1. The summed E-state index contributed by atoms with van der Waals surface area (Å²) < 4.78 is 40.0. The molecule has 2 aromatic rings. The van der Waals surface area contributed by atoms with E-state index in [9.17, 15) is 17.6 Å². The molecular weight excluding hydrogens is 379 g/mol. The Labute approximate surface area is 157 Å². The van der Waals surface area contributed by atoms with Gasteiger partial charge in [-0.25, -0.2) is 17.5 Å². The Balaban J connectivity index is 1.82. The van der Waals surface area contributed by atoms with Gasteiger partial charge in [0.15, 0.2) is 0 Å². The van der Waals surface area contributed by atoms with Gasteiger partial charge in [0.2, 0.25) is 15.9 Å². The average Bonchev–Trinajstić information content (AvgIpc) is 2.57. The lowest BCUT2D eigenvalue weighted by Gasteiger charge is -2.09. The molecule has 0 spiro atoms. The van der Waals surface area contributed by atoms with Crippen molar-refractivity contribution >= 4 is 33.2 Å². The zero-order valence-corrected chi connectivity index (χ0v) is 16.0. The lowest BCUT2D eigenvalue weighted by molar-refractivity contribution is -0.116. The lowest BCUT2D eigenvalue weighted by Crippen LogP contribution is -2.26. The quantitative estimate of drug-likeness (QED) is 0.696. The van der Waals surface area contributed by atoms with E-state index in [1.807, 2.05) is 13.8 Å². The highest BCUT2D eigenvalue weighted by molar-refractivity contribution is 7.89. The van der Waals surface area contributed by atoms with Gasteiger partial charge in [-0.05, 0) is 61.7 Å². The fourth-order valence-corrected chi connectivity index (χ4v) is 3.56. The van der Waals surface area contributed by atoms with Crippen LogP contribution in [0.2, 0.25) is 5.02 Å². The SMILES string of the molecule is Cc1ccc(S(=O)(=O)NCCCC(=O)Nc2ccc(F)c(Cl)c2)cc1C. The number of hydrogen-bond acceptors (Lipinski definition) is 3. The highest BCUT2D eigenvalue weighted by Crippen LogP contribution is 2.19. The van der Waals surface area contributed by atoms with E-state index in [-0.39, 0.29) is 28.8 Å². The van der Waals surface area contributed by atoms with Crippen LogP contribution in [0.15, 0.2) is 41.3 Å². The number of nitrogens with one attached hydrogen (secondary N) is 2. The molecule has 140 valence electrons. The summed E-state index contributed by atoms with van der Waals surface area (Å²) in [6.45, 7) is 3.89. The Morgan fingerprint density at radius 2 is 1.85 bits per heavy atom. The molecule has 0 aromatic heterocycles. The molecule has 0 heterocycles. The fraction of sp³-hybridized carbons (Fsp3) is 0.278. The van der Waals surface area contributed by atoms with Crippen LogP contribution in [0.5, 0.6) is 0 Å². The number of halogens is 2. The van der Waals surface area contributed by atoms with Gasteiger partial charge >= 0.3 is 0 Å². The number of hydrogen-bond donors (Lipinski definition) is 2. The van der Waals surface area contributed by atoms with Crippen LogP contribution < -0.4 is 10.0 Å². The largest absolute Gasteiger partial charge is 0.326 e. The van der Waals surface area contributed by atoms with Crippen LogP contribution in [0.3, 0.4) is 0 Å². The van der Waals surface area contributed by atoms with Gasteiger partial charge in [-0.3, -0.25) is 4.79 Å². The van der Waals surface area contributed by atoms with E-state index in [0.717, 1.165) is 17.2 Å². The Morgan fingerprint density at radius 3 is 2.50 bits per heavy atom. The molecule has 2 rings (SSSR count). The molecule has 1 amide bonds. The number of sulfonamides is 1. The minimum atomic E-state index is -3.61. The first-order valence-electron chi connectivity index (χ1n) is 8.01. The number of carbonyl (C=O) groups is 1. The standard InChI is InChI=1S/C18H20ClFN2O3S/c1-12-5-7-15(10-13(12)2)26(24,25)21-9-3-4-18(23)22-14-6-8-17(20)16(19)11-14/h5-8,10-11,21H,3-4,9H2,1-2H3,(H,22,23). The van der Waals surface area contributed by atoms with E-state index in [0.29, 0.717) is 12.1 Å². The molecule has 0 unspecified atom stereocenters. The Kier molecular flexibility index (Phi) is 6.75. The summed E-state index contributed by atoms with van der Waals surface area (Å²) in [5.41, 5.74) is 2.30. The molecule has 0 saturated heterocycles. The van der Waals surface area contributed by atoms with Gasteiger partial charge in [-0.2, -0.15) is 0 Å². The van der Waals surface area contributed by atoms with E-state index in [4.69, 9.17) is 11.6 Å². The van der Waals surface area contributed by atoms with E-state index in [1.54, 1.807) is 18.2 Å². The second kappa shape index (κ2) is 8.62. The summed E-state index contributed by atoms with van der Waals surface area (Å²) in [6, 6.07) is 8.80. The third kappa shape index (κ3) is 5.52. The third-order valence-electron chi connectivity index (χ3n) is 3.86. The number of anilines is 1. The van der Waals surface area contributed by atoms with Gasteiger partial charge in [0.25, 0.3) is 0 Å². The Hall–Kier alpha value is -1.96. The van der Waals surface area contributed by atoms with E-state index in [1.165, 1.54) is 12.1 Å². The minimum absolute atomic E-state index is 0.0797. The molecule has 2 N–H and O–H groups in total. The molecule has 8 heteroatoms. The number of benzene rings is 2. The van der Waals surface area contributed by atoms with Crippen LogP contribution in [-0.2, 0) is 14.8 Å². The normalized spacial score (nSPS) is 11.4. The Bertz CT molecular complexity index is 917. The van der Waals surface area contributed by atoms with Gasteiger partial charge < -0.3 is 5.32 Å². The maximum absolute atomic E-state index is 13.1. The van der Waals surface area contributed by atoms with E-state index >= 15 is 0 Å². The summed E-state index contributed by atoms with van der Waals surface area (Å²) in [5, 5.41) is 2.51. The van der Waals surface area contributed by atoms with Gasteiger partial charge in [0.1, 0.15) is 5.82 Å². The zero-order chi connectivity index (χ0) is 19.3. The average molecular weight is 399 g/mol. The lowest BCUT2D eigenvalue weighted by atomic mass is 10.1. The number of carbonyl (C=O) groups excluding carboxylic acids is 1. The van der Waals surface area contributed by atoms with Gasteiger partial charge in [0.05, 0.1) is 9.92 Å². The van der Waals surface area contributed by atoms with E-state index in [2.05, 4.69) is 10.0 Å². The van der Waals surface area contributed by atoms with Crippen LogP contribution in [0.25, 0.3) is 0 Å². The molecule has 2 aromatic carbocycles. The zero-order valence-electron chi connectivity index (χ0n) is 14.5. The summed E-state index contributed by atoms with van der Waals surface area (Å²) in [7, 11) is -3.61. The summed E-state index contributed by atoms with van der Waals surface area (Å²) in [5.74, 6) is -0.872. The van der Waals surface area contributed by atoms with Crippen molar-refractivity contribution in [3.05, 3.63) is 58.4 Å². The van der Waals surface area contributed by atoms with Crippen LogP contribution in [-0.4, -0.2) is 20.9 Å². The van der Waals surface area contributed by atoms with Crippen molar-refractivity contribution in [2.75, 3.05) is 11.9 Å². The molecule has 0 bridgehead atoms. The number of rotatable bonds is 7. The predicted molar refractivity (Wildman–Crippen MR) is 100 cm³/mol. The number of amides is 1. The molecule has 0 radical (unpaired) electrons. The third-order valence-corrected chi connectivity index (χ3v) is 5.61. The topological polar surface area (TPSA) is 75.3 Å². The van der Waals surface area contributed by atoms with Crippen LogP contribution >= 0.6 is 11.6 Å². The first-order valence-corrected chi connectivity index (χ1v) is 9.87. The molecule has 26 heavy (non-hydrogen) atoms. The molecule has 0 saturated carbocycles. The highest BCUT2D eigenvalue weighted by atomic mass is 35.5. The van der Waals surface area contributed by atoms with Crippen molar-refractivity contribution in [3.8, 4) is 0 Å². The minimum Gasteiger partial charge on any atom is -0.326 e. The Morgan fingerprint density at radius 1 is 1.12 bits per heavy atom. The fourth-order valence-electron chi connectivity index (χ4n) is 2.22. The van der Waals surface area contributed by atoms with Crippen molar-refractivity contribution in [1.29, 1.82) is 0 Å². The van der Waals surface area contributed by atoms with Crippen LogP contribution in [0.4, 0.5) is 10.1 Å². The summed E-state index contributed by atoms with van der Waals surface area (Å²) >= 11 is 5.65. The highest BCUT2D eigenvalue weighted by Gasteiger charge is 2.14. The van der Waals surface area contributed by atoms with E-state index < -0.39 is 15.8 Å². The molecule has 5 nitrogen and oxygen atoms in total. The molecule has 0 atom stereocenters. The van der Waals surface area contributed by atoms with Gasteiger partial charge in [-0.15, -0.1) is 0 Å². The van der Waals surface area contributed by atoms with Crippen molar-refractivity contribution in [2.24, 2.45) is 0 Å².